The van der Waals surface area contributed by atoms with Gasteiger partial charge in [-0.3, -0.25) is 4.68 Å². The lowest BCUT2D eigenvalue weighted by molar-refractivity contribution is 0.354. The van der Waals surface area contributed by atoms with Crippen molar-refractivity contribution >= 4 is 29.9 Å². The Kier molecular flexibility index (Phi) is 11.0. The second-order valence-corrected chi connectivity index (χ2v) is 7.50. The van der Waals surface area contributed by atoms with Gasteiger partial charge in [-0.25, -0.2) is 4.99 Å². The molecule has 0 aliphatic rings. The maximum atomic E-state index is 5.43. The molecule has 1 heterocycles. The van der Waals surface area contributed by atoms with Gasteiger partial charge in [0.25, 0.3) is 0 Å². The molecule has 1 aromatic heterocycles. The third-order valence-electron chi connectivity index (χ3n) is 5.29. The summed E-state index contributed by atoms with van der Waals surface area (Å²) in [5.74, 6) is 2.39. The smallest absolute Gasteiger partial charge is 0.193 e. The minimum Gasteiger partial charge on any atom is -0.493 e. The number of likely N-dealkylation sites (N-methyl/N-ethyl adjacent to an activating group) is 1. The second kappa shape index (κ2) is 13.7. The highest BCUT2D eigenvalue weighted by Gasteiger charge is 2.09. The minimum atomic E-state index is 0. The highest BCUT2D eigenvalue weighted by atomic mass is 127. The van der Waals surface area contributed by atoms with Crippen LogP contribution >= 0.6 is 24.0 Å². The molecule has 8 heteroatoms. The van der Waals surface area contributed by atoms with Crippen LogP contribution in [0.1, 0.15) is 23.6 Å². The van der Waals surface area contributed by atoms with Crippen molar-refractivity contribution in [2.75, 3.05) is 34.4 Å². The number of aliphatic imine (C=N–C) groups is 1. The number of hydrogen-bond acceptors (Lipinski definition) is 4. The molecule has 33 heavy (non-hydrogen) atoms. The van der Waals surface area contributed by atoms with Gasteiger partial charge in [0.1, 0.15) is 0 Å². The van der Waals surface area contributed by atoms with E-state index in [2.05, 4.69) is 59.6 Å². The number of aromatic nitrogens is 2. The summed E-state index contributed by atoms with van der Waals surface area (Å²) >= 11 is 0. The van der Waals surface area contributed by atoms with Gasteiger partial charge in [-0.2, -0.15) is 5.10 Å². The highest BCUT2D eigenvalue weighted by molar-refractivity contribution is 14.0. The van der Waals surface area contributed by atoms with E-state index in [9.17, 15) is 0 Å². The number of hydrogen-bond donors (Lipinski definition) is 1. The van der Waals surface area contributed by atoms with E-state index >= 15 is 0 Å². The van der Waals surface area contributed by atoms with Crippen LogP contribution in [0.15, 0.2) is 65.9 Å². The standard InChI is InChI=1S/C25H33N5O2.HI/c1-5-26-25(29(2)16-13-20-11-12-23(31-3)24(17-20)32-4)27-18-21-9-6-7-10-22(21)19-30-15-8-14-28-30;/h6-12,14-15,17H,5,13,16,18-19H2,1-4H3,(H,26,27);1H. The molecule has 0 amide bonds. The summed E-state index contributed by atoms with van der Waals surface area (Å²) < 4.78 is 12.7. The highest BCUT2D eigenvalue weighted by Crippen LogP contribution is 2.27. The van der Waals surface area contributed by atoms with Gasteiger partial charge in [-0.1, -0.05) is 30.3 Å². The Labute approximate surface area is 213 Å². The van der Waals surface area contributed by atoms with E-state index in [1.165, 1.54) is 16.7 Å². The van der Waals surface area contributed by atoms with E-state index in [1.807, 2.05) is 29.1 Å². The molecule has 0 fully saturated rings. The number of ether oxygens (including phenoxy) is 2. The number of nitrogens with zero attached hydrogens (tertiary/aromatic N) is 4. The monoisotopic (exact) mass is 563 g/mol. The average Bonchev–Trinajstić information content (AvgIpc) is 3.34. The molecule has 0 aliphatic heterocycles. The summed E-state index contributed by atoms with van der Waals surface area (Å²) in [5, 5.41) is 7.73. The van der Waals surface area contributed by atoms with Crippen molar-refractivity contribution < 1.29 is 9.47 Å². The molecule has 7 nitrogen and oxygen atoms in total. The molecule has 0 spiro atoms. The molecule has 0 bridgehead atoms. The Morgan fingerprint density at radius 2 is 1.82 bits per heavy atom. The molecule has 3 rings (SSSR count). The Hall–Kier alpha value is -2.75. The quantitative estimate of drug-likeness (QED) is 0.228. The topological polar surface area (TPSA) is 63.9 Å². The van der Waals surface area contributed by atoms with Gasteiger partial charge in [0.05, 0.1) is 27.3 Å². The van der Waals surface area contributed by atoms with Gasteiger partial charge in [-0.05, 0) is 48.2 Å². The first-order valence-electron chi connectivity index (χ1n) is 10.9. The predicted octanol–water partition coefficient (Wildman–Crippen LogP) is 4.21. The van der Waals surface area contributed by atoms with Crippen LogP contribution in [-0.2, 0) is 19.5 Å². The summed E-state index contributed by atoms with van der Waals surface area (Å²) in [4.78, 5) is 7.07. The third kappa shape index (κ3) is 7.66. The van der Waals surface area contributed by atoms with E-state index in [0.29, 0.717) is 6.54 Å². The van der Waals surface area contributed by atoms with E-state index in [-0.39, 0.29) is 24.0 Å². The van der Waals surface area contributed by atoms with Crippen LogP contribution in [0.3, 0.4) is 0 Å². The van der Waals surface area contributed by atoms with Crippen LogP contribution in [0.4, 0.5) is 0 Å². The van der Waals surface area contributed by atoms with Gasteiger partial charge >= 0.3 is 0 Å². The molecule has 1 N–H and O–H groups in total. The fourth-order valence-electron chi connectivity index (χ4n) is 3.50. The molecule has 0 aliphatic carbocycles. The fourth-order valence-corrected chi connectivity index (χ4v) is 3.50. The van der Waals surface area contributed by atoms with Gasteiger partial charge in [-0.15, -0.1) is 24.0 Å². The first-order valence-corrected chi connectivity index (χ1v) is 10.9. The first-order chi connectivity index (χ1) is 15.6. The molecule has 0 saturated carbocycles. The van der Waals surface area contributed by atoms with Crippen molar-refractivity contribution in [3.05, 3.63) is 77.6 Å². The third-order valence-corrected chi connectivity index (χ3v) is 5.29. The predicted molar refractivity (Wildman–Crippen MR) is 144 cm³/mol. The second-order valence-electron chi connectivity index (χ2n) is 7.50. The molecule has 0 saturated heterocycles. The number of benzene rings is 2. The Balaban J connectivity index is 0.00000385. The summed E-state index contributed by atoms with van der Waals surface area (Å²) in [7, 11) is 5.38. The van der Waals surface area contributed by atoms with Gasteiger partial charge < -0.3 is 19.7 Å². The summed E-state index contributed by atoms with van der Waals surface area (Å²) in [6.45, 7) is 5.08. The Morgan fingerprint density at radius 3 is 2.48 bits per heavy atom. The molecule has 0 atom stereocenters. The van der Waals surface area contributed by atoms with Gasteiger partial charge in [0, 0.05) is 32.5 Å². The number of methoxy groups -OCH3 is 2. The van der Waals surface area contributed by atoms with E-state index in [1.54, 1.807) is 20.4 Å². The van der Waals surface area contributed by atoms with Crippen molar-refractivity contribution in [3.63, 3.8) is 0 Å². The molecule has 0 unspecified atom stereocenters. The maximum absolute atomic E-state index is 5.43. The zero-order chi connectivity index (χ0) is 22.8. The summed E-state index contributed by atoms with van der Waals surface area (Å²) in [6.07, 6.45) is 4.65. The van der Waals surface area contributed by atoms with Crippen LogP contribution in [0.25, 0.3) is 0 Å². The van der Waals surface area contributed by atoms with Gasteiger partial charge in [0.15, 0.2) is 17.5 Å². The molecular formula is C25H34IN5O2. The minimum absolute atomic E-state index is 0. The summed E-state index contributed by atoms with van der Waals surface area (Å²) in [5.41, 5.74) is 3.62. The Morgan fingerprint density at radius 1 is 1.06 bits per heavy atom. The van der Waals surface area contributed by atoms with Crippen molar-refractivity contribution in [1.82, 2.24) is 20.0 Å². The van der Waals surface area contributed by atoms with Crippen molar-refractivity contribution in [3.8, 4) is 11.5 Å². The molecule has 3 aromatic rings. The van der Waals surface area contributed by atoms with Crippen LogP contribution in [0, 0.1) is 0 Å². The van der Waals surface area contributed by atoms with Crippen LogP contribution in [0.5, 0.6) is 11.5 Å². The SMILES string of the molecule is CCNC(=NCc1ccccc1Cn1cccn1)N(C)CCc1ccc(OC)c(OC)c1.I. The van der Waals surface area contributed by atoms with Gasteiger partial charge in [0.2, 0.25) is 0 Å². The fraction of sp³-hybridized carbons (Fsp3) is 0.360. The zero-order valence-corrected chi connectivity index (χ0v) is 22.2. The number of rotatable bonds is 10. The molecular weight excluding hydrogens is 529 g/mol. The molecule has 0 radical (unpaired) electrons. The largest absolute Gasteiger partial charge is 0.493 e. The lowest BCUT2D eigenvalue weighted by atomic mass is 10.1. The summed E-state index contributed by atoms with van der Waals surface area (Å²) in [6, 6.07) is 16.4. The number of nitrogens with one attached hydrogen (secondary N) is 1. The van der Waals surface area contributed by atoms with Crippen LogP contribution in [-0.4, -0.2) is 55.0 Å². The number of halogens is 1. The zero-order valence-electron chi connectivity index (χ0n) is 19.8. The van der Waals surface area contributed by atoms with E-state index < -0.39 is 0 Å². The molecule has 2 aromatic carbocycles. The van der Waals surface area contributed by atoms with Crippen LogP contribution < -0.4 is 14.8 Å². The average molecular weight is 563 g/mol. The maximum Gasteiger partial charge on any atom is 0.193 e. The first kappa shape index (κ1) is 26.5. The lowest BCUT2D eigenvalue weighted by Gasteiger charge is -2.22. The van der Waals surface area contributed by atoms with Crippen LogP contribution in [0.2, 0.25) is 0 Å². The van der Waals surface area contributed by atoms with Crippen molar-refractivity contribution in [1.29, 1.82) is 0 Å². The van der Waals surface area contributed by atoms with Crippen molar-refractivity contribution in [2.24, 2.45) is 4.99 Å². The van der Waals surface area contributed by atoms with E-state index in [4.69, 9.17) is 14.5 Å². The normalized spacial score (nSPS) is 11.0. The Bertz CT molecular complexity index is 1010. The molecule has 178 valence electrons. The van der Waals surface area contributed by atoms with Crippen molar-refractivity contribution in [2.45, 2.75) is 26.4 Å². The number of guanidine groups is 1. The lowest BCUT2D eigenvalue weighted by Crippen LogP contribution is -2.40. The van der Waals surface area contributed by atoms with E-state index in [0.717, 1.165) is 43.5 Å².